The summed E-state index contributed by atoms with van der Waals surface area (Å²) in [4.78, 5) is 40.4. The summed E-state index contributed by atoms with van der Waals surface area (Å²) in [5, 5.41) is 5.82. The molecule has 0 aliphatic carbocycles. The lowest BCUT2D eigenvalue weighted by atomic mass is 10.1. The Hall–Kier alpha value is -2.80. The summed E-state index contributed by atoms with van der Waals surface area (Å²) in [7, 11) is 0. The maximum atomic E-state index is 12.6. The molecule has 2 aromatic rings. The van der Waals surface area contributed by atoms with Gasteiger partial charge in [0.25, 0.3) is 11.8 Å². The number of hydrogen-bond acceptors (Lipinski definition) is 4. The zero-order valence-corrected chi connectivity index (χ0v) is 16.3. The lowest BCUT2D eigenvalue weighted by molar-refractivity contribution is -0.129. The van der Waals surface area contributed by atoms with E-state index in [1.165, 1.54) is 11.8 Å². The quantitative estimate of drug-likeness (QED) is 0.837. The van der Waals surface area contributed by atoms with Gasteiger partial charge in [-0.25, -0.2) is 0 Å². The van der Waals surface area contributed by atoms with Crippen molar-refractivity contribution in [2.75, 3.05) is 18.4 Å². The highest BCUT2D eigenvalue weighted by Gasteiger charge is 2.27. The summed E-state index contributed by atoms with van der Waals surface area (Å²) in [6.45, 7) is 2.74. The van der Waals surface area contributed by atoms with Crippen molar-refractivity contribution in [3.05, 3.63) is 53.6 Å². The number of carbonyl (C=O) groups excluding carboxylic acids is 3. The summed E-state index contributed by atoms with van der Waals surface area (Å²) >= 11 is 1.51. The van der Waals surface area contributed by atoms with E-state index < -0.39 is 0 Å². The van der Waals surface area contributed by atoms with Gasteiger partial charge in [-0.15, -0.1) is 0 Å². The van der Waals surface area contributed by atoms with Crippen LogP contribution >= 0.6 is 11.8 Å². The van der Waals surface area contributed by atoms with Gasteiger partial charge in [0.05, 0.1) is 11.3 Å². The number of carbonyl (C=O) groups is 3. The number of fused-ring (bicyclic) bond motifs is 2. The van der Waals surface area contributed by atoms with Gasteiger partial charge in [-0.3, -0.25) is 14.4 Å². The molecule has 1 atom stereocenters. The van der Waals surface area contributed by atoms with Crippen molar-refractivity contribution in [2.24, 2.45) is 0 Å². The van der Waals surface area contributed by atoms with E-state index in [4.69, 9.17) is 0 Å². The van der Waals surface area contributed by atoms with Gasteiger partial charge in [-0.05, 0) is 43.2 Å². The first-order valence-corrected chi connectivity index (χ1v) is 10.1. The van der Waals surface area contributed by atoms with Crippen molar-refractivity contribution >= 4 is 35.2 Å². The normalized spacial score (nSPS) is 18.0. The van der Waals surface area contributed by atoms with E-state index in [0.717, 1.165) is 29.2 Å². The van der Waals surface area contributed by atoms with Crippen LogP contribution in [-0.4, -0.2) is 41.8 Å². The summed E-state index contributed by atoms with van der Waals surface area (Å²) in [6, 6.07) is 12.8. The van der Waals surface area contributed by atoms with E-state index in [0.29, 0.717) is 23.4 Å². The average molecular weight is 395 g/mol. The van der Waals surface area contributed by atoms with E-state index in [1.807, 2.05) is 29.2 Å². The van der Waals surface area contributed by atoms with Gasteiger partial charge in [0.2, 0.25) is 5.91 Å². The third kappa shape index (κ3) is 3.62. The minimum absolute atomic E-state index is 0.0427. The molecule has 144 valence electrons. The molecule has 0 radical (unpaired) electrons. The Morgan fingerprint density at radius 2 is 2.04 bits per heavy atom. The van der Waals surface area contributed by atoms with Gasteiger partial charge >= 0.3 is 0 Å². The first-order chi connectivity index (χ1) is 13.5. The number of amides is 3. The van der Waals surface area contributed by atoms with Crippen LogP contribution in [0.2, 0.25) is 0 Å². The van der Waals surface area contributed by atoms with Crippen molar-refractivity contribution in [3.8, 4) is 0 Å². The maximum absolute atomic E-state index is 12.6. The second kappa shape index (κ2) is 7.67. The molecule has 0 bridgehead atoms. The summed E-state index contributed by atoms with van der Waals surface area (Å²) in [5.74, 6) is -0.345. The molecule has 2 heterocycles. The van der Waals surface area contributed by atoms with Gasteiger partial charge in [0.15, 0.2) is 0 Å². The Labute approximate surface area is 167 Å². The average Bonchev–Trinajstić information content (AvgIpc) is 3.11. The van der Waals surface area contributed by atoms with Gasteiger partial charge in [0.1, 0.15) is 0 Å². The molecular formula is C21H21N3O3S. The molecule has 1 fully saturated rings. The number of anilines is 1. The number of likely N-dealkylation sites (tertiary alicyclic amines) is 1. The van der Waals surface area contributed by atoms with Crippen molar-refractivity contribution in [1.82, 2.24) is 10.2 Å². The first-order valence-electron chi connectivity index (χ1n) is 9.30. The summed E-state index contributed by atoms with van der Waals surface area (Å²) in [6.07, 6.45) is 1.86. The van der Waals surface area contributed by atoms with Gasteiger partial charge in [-0.2, -0.15) is 0 Å². The molecule has 0 spiro atoms. The number of nitrogens with one attached hydrogen (secondary N) is 2. The van der Waals surface area contributed by atoms with Crippen LogP contribution in [0.15, 0.2) is 52.3 Å². The third-order valence-corrected chi connectivity index (χ3v) is 6.27. The monoisotopic (exact) mass is 395 g/mol. The fourth-order valence-corrected chi connectivity index (χ4v) is 4.69. The number of hydrogen-bond donors (Lipinski definition) is 2. The van der Waals surface area contributed by atoms with E-state index in [-0.39, 0.29) is 23.8 Å². The largest absolute Gasteiger partial charge is 0.350 e. The van der Waals surface area contributed by atoms with Crippen LogP contribution < -0.4 is 10.6 Å². The Morgan fingerprint density at radius 3 is 2.86 bits per heavy atom. The van der Waals surface area contributed by atoms with Crippen molar-refractivity contribution in [3.63, 3.8) is 0 Å². The topological polar surface area (TPSA) is 78.5 Å². The fraction of sp³-hybridized carbons (Fsp3) is 0.286. The van der Waals surface area contributed by atoms with Crippen LogP contribution in [0, 0.1) is 0 Å². The SMILES string of the molecule is CC(=O)N1CCCC1CNC(=O)c1ccc2c(c1)NC(=O)c1ccccc1S2. The molecule has 0 saturated carbocycles. The Morgan fingerprint density at radius 1 is 1.21 bits per heavy atom. The van der Waals surface area contributed by atoms with E-state index in [9.17, 15) is 14.4 Å². The van der Waals surface area contributed by atoms with Gasteiger partial charge in [-0.1, -0.05) is 23.9 Å². The fourth-order valence-electron chi connectivity index (χ4n) is 3.68. The maximum Gasteiger partial charge on any atom is 0.256 e. The zero-order chi connectivity index (χ0) is 19.7. The van der Waals surface area contributed by atoms with E-state index >= 15 is 0 Å². The minimum Gasteiger partial charge on any atom is -0.350 e. The van der Waals surface area contributed by atoms with Crippen molar-refractivity contribution in [2.45, 2.75) is 35.6 Å². The smallest absolute Gasteiger partial charge is 0.256 e. The van der Waals surface area contributed by atoms with Crippen molar-refractivity contribution < 1.29 is 14.4 Å². The third-order valence-electron chi connectivity index (χ3n) is 5.12. The van der Waals surface area contributed by atoms with Crippen molar-refractivity contribution in [1.29, 1.82) is 0 Å². The Bertz CT molecular complexity index is 960. The lowest BCUT2D eigenvalue weighted by Crippen LogP contribution is -2.42. The molecule has 4 rings (SSSR count). The number of benzene rings is 2. The lowest BCUT2D eigenvalue weighted by Gasteiger charge is -2.23. The Kier molecular flexibility index (Phi) is 5.09. The molecule has 1 unspecified atom stereocenters. The molecule has 2 aliphatic heterocycles. The highest BCUT2D eigenvalue weighted by molar-refractivity contribution is 7.99. The minimum atomic E-state index is -0.209. The molecule has 28 heavy (non-hydrogen) atoms. The highest BCUT2D eigenvalue weighted by atomic mass is 32.2. The molecule has 1 saturated heterocycles. The molecule has 0 aromatic heterocycles. The molecule has 6 nitrogen and oxygen atoms in total. The standard InChI is InChI=1S/C21H21N3O3S/c1-13(25)24-10-4-5-15(24)12-22-20(26)14-8-9-19-17(11-14)23-21(27)16-6-2-3-7-18(16)28-19/h2-3,6-9,11,15H,4-5,10,12H2,1H3,(H,22,26)(H,23,27). The molecular weight excluding hydrogens is 374 g/mol. The van der Waals surface area contributed by atoms with E-state index in [1.54, 1.807) is 25.1 Å². The zero-order valence-electron chi connectivity index (χ0n) is 15.5. The molecule has 2 N–H and O–H groups in total. The second-order valence-electron chi connectivity index (χ2n) is 6.98. The molecule has 2 aromatic carbocycles. The molecule has 3 amide bonds. The van der Waals surface area contributed by atoms with Gasteiger partial charge < -0.3 is 15.5 Å². The van der Waals surface area contributed by atoms with E-state index in [2.05, 4.69) is 10.6 Å². The molecule has 7 heteroatoms. The van der Waals surface area contributed by atoms with Crippen LogP contribution in [0.25, 0.3) is 0 Å². The van der Waals surface area contributed by atoms with Crippen LogP contribution in [0.5, 0.6) is 0 Å². The van der Waals surface area contributed by atoms with Crippen LogP contribution in [-0.2, 0) is 4.79 Å². The number of nitrogens with zero attached hydrogens (tertiary/aromatic N) is 1. The summed E-state index contributed by atoms with van der Waals surface area (Å²) < 4.78 is 0. The Balaban J connectivity index is 1.48. The predicted octanol–water partition coefficient (Wildman–Crippen LogP) is 3.14. The molecule has 2 aliphatic rings. The van der Waals surface area contributed by atoms with Crippen LogP contribution in [0.4, 0.5) is 5.69 Å². The predicted molar refractivity (Wildman–Crippen MR) is 108 cm³/mol. The second-order valence-corrected chi connectivity index (χ2v) is 8.07. The first kappa shape index (κ1) is 18.6. The van der Waals surface area contributed by atoms with Crippen LogP contribution in [0.3, 0.4) is 0 Å². The number of rotatable bonds is 3. The summed E-state index contributed by atoms with van der Waals surface area (Å²) in [5.41, 5.74) is 1.74. The highest BCUT2D eigenvalue weighted by Crippen LogP contribution is 2.38. The van der Waals surface area contributed by atoms with Gasteiger partial charge in [0, 0.05) is 41.4 Å². The van der Waals surface area contributed by atoms with Crippen LogP contribution in [0.1, 0.15) is 40.5 Å².